The van der Waals surface area contributed by atoms with E-state index in [1.54, 1.807) is 18.2 Å². The molecule has 192 valence electrons. The van der Waals surface area contributed by atoms with Crippen molar-refractivity contribution in [1.82, 2.24) is 5.01 Å². The Labute approximate surface area is 238 Å². The first-order valence-corrected chi connectivity index (χ1v) is 13.3. The Morgan fingerprint density at radius 3 is 2.39 bits per heavy atom. The second-order valence-corrected chi connectivity index (χ2v) is 10.4. The van der Waals surface area contributed by atoms with Gasteiger partial charge >= 0.3 is 0 Å². The van der Waals surface area contributed by atoms with Crippen molar-refractivity contribution in [3.63, 3.8) is 0 Å². The van der Waals surface area contributed by atoms with Crippen LogP contribution >= 0.6 is 46.6 Å². The van der Waals surface area contributed by atoms with Crippen molar-refractivity contribution in [2.24, 2.45) is 10.1 Å². The number of rotatable bonds is 7. The molecule has 0 aromatic heterocycles. The molecule has 0 fully saturated rings. The number of amides is 1. The van der Waals surface area contributed by atoms with Gasteiger partial charge in [-0.1, -0.05) is 71.2 Å². The molecular weight excluding hydrogens is 567 g/mol. The van der Waals surface area contributed by atoms with Crippen molar-refractivity contribution in [3.8, 4) is 11.5 Å². The van der Waals surface area contributed by atoms with Crippen molar-refractivity contribution < 1.29 is 14.3 Å². The van der Waals surface area contributed by atoms with Gasteiger partial charge in [0.1, 0.15) is 24.0 Å². The molecule has 3 aromatic carbocycles. The van der Waals surface area contributed by atoms with Gasteiger partial charge in [-0.05, 0) is 60.2 Å². The molecule has 0 spiro atoms. The molecule has 2 aliphatic heterocycles. The van der Waals surface area contributed by atoms with Gasteiger partial charge < -0.3 is 9.47 Å². The summed E-state index contributed by atoms with van der Waals surface area (Å²) in [5.74, 6) is 0.403. The Kier molecular flexibility index (Phi) is 7.76. The lowest BCUT2D eigenvalue weighted by Gasteiger charge is -2.20. The minimum atomic E-state index is -0.565. The zero-order valence-corrected chi connectivity index (χ0v) is 23.0. The van der Waals surface area contributed by atoms with Crippen LogP contribution in [0, 0.1) is 12.3 Å². The molecule has 0 bridgehead atoms. The van der Waals surface area contributed by atoms with Crippen LogP contribution < -0.4 is 9.47 Å². The van der Waals surface area contributed by atoms with Gasteiger partial charge in [0.15, 0.2) is 11.6 Å². The quantitative estimate of drug-likeness (QED) is 0.236. The molecule has 0 radical (unpaired) electrons. The van der Waals surface area contributed by atoms with E-state index in [0.29, 0.717) is 38.7 Å². The van der Waals surface area contributed by atoms with Crippen LogP contribution in [0.15, 0.2) is 76.3 Å². The number of hydrogen-bond acceptors (Lipinski definition) is 6. The lowest BCUT2D eigenvalue weighted by atomic mass is 10.1. The summed E-state index contributed by atoms with van der Waals surface area (Å²) in [6.07, 6.45) is 1.50. The number of thioether (sulfide) groups is 1. The molecule has 3 aromatic rings. The largest absolute Gasteiger partial charge is 0.490 e. The maximum Gasteiger partial charge on any atom is 0.283 e. The molecule has 0 aliphatic carbocycles. The smallest absolute Gasteiger partial charge is 0.283 e. The summed E-state index contributed by atoms with van der Waals surface area (Å²) in [5, 5.41) is 16.3. The Bertz CT molecular complexity index is 1530. The number of benzene rings is 3. The summed E-state index contributed by atoms with van der Waals surface area (Å²) in [4.78, 5) is 16.9. The number of nitrogens with one attached hydrogen (secondary N) is 1. The number of carbonyl (C=O) groups excluding carboxylic acids is 1. The minimum Gasteiger partial charge on any atom is -0.490 e. The van der Waals surface area contributed by atoms with Crippen LogP contribution in [0.5, 0.6) is 11.5 Å². The molecule has 2 heterocycles. The van der Waals surface area contributed by atoms with E-state index in [4.69, 9.17) is 49.7 Å². The van der Waals surface area contributed by atoms with Crippen molar-refractivity contribution >= 4 is 74.6 Å². The Hall–Kier alpha value is -3.30. The molecule has 2 aliphatic rings. The van der Waals surface area contributed by atoms with Gasteiger partial charge in [0.05, 0.1) is 20.6 Å². The number of carbonyl (C=O) groups is 1. The van der Waals surface area contributed by atoms with Crippen LogP contribution in [0.3, 0.4) is 0 Å². The van der Waals surface area contributed by atoms with Gasteiger partial charge in [-0.15, -0.1) is 0 Å². The highest BCUT2D eigenvalue weighted by molar-refractivity contribution is 8.27. The van der Waals surface area contributed by atoms with Crippen molar-refractivity contribution in [3.05, 3.63) is 98.0 Å². The molecule has 0 unspecified atom stereocenters. The fraction of sp³-hybridized carbons (Fsp3) is 0.111. The number of fused-ring (bicyclic) bond motifs is 1. The molecule has 7 nitrogen and oxygen atoms in total. The summed E-state index contributed by atoms with van der Waals surface area (Å²) in [6.45, 7) is 2.50. The normalized spacial score (nSPS) is 15.9. The van der Waals surface area contributed by atoms with E-state index < -0.39 is 5.91 Å². The molecule has 1 amide bonds. The molecular formula is C27H19Cl3N4O3S. The van der Waals surface area contributed by atoms with Gasteiger partial charge in [0.2, 0.25) is 5.17 Å². The molecule has 5 rings (SSSR count). The van der Waals surface area contributed by atoms with Gasteiger partial charge in [-0.3, -0.25) is 10.2 Å². The van der Waals surface area contributed by atoms with Gasteiger partial charge in [-0.25, -0.2) is 0 Å². The first-order valence-electron chi connectivity index (χ1n) is 11.4. The van der Waals surface area contributed by atoms with Crippen LogP contribution in [0.2, 0.25) is 15.1 Å². The maximum atomic E-state index is 12.8. The summed E-state index contributed by atoms with van der Waals surface area (Å²) in [5.41, 5.74) is 2.28. The number of halogens is 3. The third-order valence-electron chi connectivity index (χ3n) is 5.57. The van der Waals surface area contributed by atoms with Gasteiger partial charge in [0.25, 0.3) is 5.91 Å². The van der Waals surface area contributed by atoms with E-state index in [2.05, 4.69) is 10.1 Å². The van der Waals surface area contributed by atoms with E-state index in [-0.39, 0.29) is 28.1 Å². The number of hydrogen-bond donors (Lipinski definition) is 1. The molecule has 0 atom stereocenters. The Morgan fingerprint density at radius 1 is 0.974 bits per heavy atom. The number of aliphatic imine (C=N–C) groups is 1. The van der Waals surface area contributed by atoms with Crippen molar-refractivity contribution in [2.75, 3.05) is 13.2 Å². The van der Waals surface area contributed by atoms with Crippen LogP contribution in [-0.4, -0.2) is 40.2 Å². The molecule has 0 saturated carbocycles. The third-order valence-corrected chi connectivity index (χ3v) is 7.40. The van der Waals surface area contributed by atoms with Crippen LogP contribution in [0.1, 0.15) is 16.7 Å². The molecule has 0 saturated heterocycles. The molecule has 11 heteroatoms. The second kappa shape index (κ2) is 11.2. The first-order chi connectivity index (χ1) is 18.3. The number of para-hydroxylation sites is 1. The maximum absolute atomic E-state index is 12.8. The third kappa shape index (κ3) is 5.44. The van der Waals surface area contributed by atoms with Gasteiger partial charge in [-0.2, -0.15) is 15.1 Å². The fourth-order valence-corrected chi connectivity index (χ4v) is 5.54. The number of amidine groups is 2. The van der Waals surface area contributed by atoms with E-state index in [0.717, 1.165) is 11.3 Å². The zero-order chi connectivity index (χ0) is 26.8. The monoisotopic (exact) mass is 584 g/mol. The summed E-state index contributed by atoms with van der Waals surface area (Å²) >= 11 is 20.4. The highest BCUT2D eigenvalue weighted by Gasteiger charge is 2.36. The van der Waals surface area contributed by atoms with Crippen molar-refractivity contribution in [2.45, 2.75) is 6.92 Å². The average Bonchev–Trinajstić information content (AvgIpc) is 3.31. The van der Waals surface area contributed by atoms with E-state index in [9.17, 15) is 4.79 Å². The first kappa shape index (κ1) is 26.3. The predicted octanol–water partition coefficient (Wildman–Crippen LogP) is 7.08. The zero-order valence-electron chi connectivity index (χ0n) is 19.9. The fourth-order valence-electron chi connectivity index (χ4n) is 3.72. The summed E-state index contributed by atoms with van der Waals surface area (Å²) in [7, 11) is 0. The number of ether oxygens (including phenoxy) is 2. The van der Waals surface area contributed by atoms with E-state index in [1.807, 2.05) is 49.4 Å². The van der Waals surface area contributed by atoms with Gasteiger partial charge in [0, 0.05) is 5.56 Å². The summed E-state index contributed by atoms with van der Waals surface area (Å²) in [6, 6.07) is 18.1. The minimum absolute atomic E-state index is 0.0472. The summed E-state index contributed by atoms with van der Waals surface area (Å²) < 4.78 is 11.5. The van der Waals surface area contributed by atoms with E-state index in [1.165, 1.54) is 22.8 Å². The lowest BCUT2D eigenvalue weighted by Crippen LogP contribution is -2.35. The molecule has 38 heavy (non-hydrogen) atoms. The Morgan fingerprint density at radius 2 is 1.66 bits per heavy atom. The SMILES string of the molecule is Cc1ccccc1OCCOc1c(Cl)cc(C=C2C(=N)N3N=C(c4ccccc4Cl)SC3=NC2=O)cc1Cl. The topological polar surface area (TPSA) is 87.3 Å². The number of aryl methyl sites for hydroxylation is 1. The average molecular weight is 586 g/mol. The van der Waals surface area contributed by atoms with Crippen LogP contribution in [0.25, 0.3) is 6.08 Å². The number of nitrogens with zero attached hydrogens (tertiary/aromatic N) is 3. The second-order valence-electron chi connectivity index (χ2n) is 8.18. The van der Waals surface area contributed by atoms with Crippen molar-refractivity contribution in [1.29, 1.82) is 5.41 Å². The highest BCUT2D eigenvalue weighted by Crippen LogP contribution is 2.36. The molecule has 1 N–H and O–H groups in total. The van der Waals surface area contributed by atoms with Crippen LogP contribution in [-0.2, 0) is 4.79 Å². The van der Waals surface area contributed by atoms with E-state index >= 15 is 0 Å². The number of hydrazone groups is 1. The predicted molar refractivity (Wildman–Crippen MR) is 154 cm³/mol. The van der Waals surface area contributed by atoms with Crippen LogP contribution in [0.4, 0.5) is 0 Å². The highest BCUT2D eigenvalue weighted by atomic mass is 35.5. The Balaban J connectivity index is 1.31. The standard InChI is InChI=1S/C27H19Cl3N4O3S/c1-15-6-2-5-9-22(15)36-10-11-37-23-20(29)13-16(14-21(23)30)12-18-24(31)34-27(32-25(18)35)38-26(33-34)17-7-3-4-8-19(17)28/h2-9,12-14,31H,10-11H2,1H3. The lowest BCUT2D eigenvalue weighted by molar-refractivity contribution is -0.114.